The first-order valence-corrected chi connectivity index (χ1v) is 14.2. The van der Waals surface area contributed by atoms with Gasteiger partial charge < -0.3 is 5.11 Å². The van der Waals surface area contributed by atoms with Crippen LogP contribution in [-0.2, 0) is 9.59 Å². The number of rotatable bonds is 1. The van der Waals surface area contributed by atoms with Crippen LogP contribution in [0.3, 0.4) is 0 Å². The average molecular weight is 532 g/mol. The Morgan fingerprint density at radius 3 is 2.26 bits per heavy atom. The number of carboxylic acids is 1. The number of allylic oxidation sites excluding steroid dienone is 4. The Kier molecular flexibility index (Phi) is 5.18. The van der Waals surface area contributed by atoms with Crippen molar-refractivity contribution in [1.82, 2.24) is 0 Å². The molecule has 34 heavy (non-hydrogen) atoms. The van der Waals surface area contributed by atoms with Gasteiger partial charge in [0.1, 0.15) is 0 Å². The van der Waals surface area contributed by atoms with Crippen LogP contribution in [0.4, 0.5) is 0 Å². The van der Waals surface area contributed by atoms with Crippen molar-refractivity contribution in [1.29, 1.82) is 0 Å². The number of hydrogen-bond donors (Lipinski definition) is 1. The Morgan fingerprint density at radius 2 is 1.62 bits per heavy atom. The predicted molar refractivity (Wildman–Crippen MR) is 139 cm³/mol. The summed E-state index contributed by atoms with van der Waals surface area (Å²) in [4.78, 5) is 25.4. The fourth-order valence-electron chi connectivity index (χ4n) is 9.98. The van der Waals surface area contributed by atoms with E-state index in [4.69, 9.17) is 0 Å². The molecule has 188 valence electrons. The predicted octanol–water partition coefficient (Wildman–Crippen LogP) is 7.94. The van der Waals surface area contributed by atoms with Crippen molar-refractivity contribution < 1.29 is 14.7 Å². The van der Waals surface area contributed by atoms with Crippen LogP contribution >= 0.6 is 15.9 Å². The minimum absolute atomic E-state index is 0.0306. The summed E-state index contributed by atoms with van der Waals surface area (Å²) < 4.78 is 0.765. The summed E-state index contributed by atoms with van der Waals surface area (Å²) in [7, 11) is 0. The Hall–Kier alpha value is -0.900. The van der Waals surface area contributed by atoms with Crippen molar-refractivity contribution >= 4 is 27.7 Å². The van der Waals surface area contributed by atoms with Crippen LogP contribution in [0.25, 0.3) is 0 Å². The molecule has 0 aliphatic heterocycles. The molecule has 0 aromatic heterocycles. The third kappa shape index (κ3) is 2.87. The molecule has 0 spiro atoms. The first kappa shape index (κ1) is 24.8. The van der Waals surface area contributed by atoms with Gasteiger partial charge in [-0.2, -0.15) is 0 Å². The van der Waals surface area contributed by atoms with Crippen molar-refractivity contribution in [3.05, 3.63) is 22.2 Å². The highest BCUT2D eigenvalue weighted by atomic mass is 79.9. The largest absolute Gasteiger partial charge is 0.481 e. The smallest absolute Gasteiger partial charge is 0.309 e. The molecule has 3 saturated carbocycles. The highest BCUT2D eigenvalue weighted by Crippen LogP contribution is 2.75. The summed E-state index contributed by atoms with van der Waals surface area (Å²) >= 11 is 3.66. The lowest BCUT2D eigenvalue weighted by Gasteiger charge is -2.70. The molecule has 0 saturated heterocycles. The second-order valence-corrected chi connectivity index (χ2v) is 15.3. The summed E-state index contributed by atoms with van der Waals surface area (Å²) in [5.74, 6) is 0.811. The van der Waals surface area contributed by atoms with E-state index in [0.717, 1.165) is 43.0 Å². The van der Waals surface area contributed by atoms with Gasteiger partial charge in [-0.3, -0.25) is 9.59 Å². The number of Topliss-reactive ketones (excluding diaryl/α,β-unsaturated/α-hetero) is 1. The molecule has 8 atom stereocenters. The fraction of sp³-hybridized carbons (Fsp3) is 0.800. The third-order valence-electron chi connectivity index (χ3n) is 12.6. The summed E-state index contributed by atoms with van der Waals surface area (Å²) in [5, 5.41) is 10.1. The summed E-state index contributed by atoms with van der Waals surface area (Å²) in [5.41, 5.74) is 1.00. The number of aliphatic carboxylic acids is 1. The maximum Gasteiger partial charge on any atom is 0.309 e. The lowest BCUT2D eigenvalue weighted by molar-refractivity contribution is -0.165. The molecule has 0 bridgehead atoms. The van der Waals surface area contributed by atoms with Crippen LogP contribution in [0.5, 0.6) is 0 Å². The van der Waals surface area contributed by atoms with E-state index in [1.807, 2.05) is 6.92 Å². The van der Waals surface area contributed by atoms with E-state index in [0.29, 0.717) is 17.8 Å². The highest BCUT2D eigenvalue weighted by molar-refractivity contribution is 9.12. The summed E-state index contributed by atoms with van der Waals surface area (Å²) in [6.07, 6.45) is 13.1. The highest BCUT2D eigenvalue weighted by Gasteiger charge is 2.68. The minimum atomic E-state index is -0.626. The van der Waals surface area contributed by atoms with E-state index < -0.39 is 11.4 Å². The van der Waals surface area contributed by atoms with Gasteiger partial charge in [-0.05, 0) is 114 Å². The van der Waals surface area contributed by atoms with E-state index >= 15 is 0 Å². The monoisotopic (exact) mass is 530 g/mol. The van der Waals surface area contributed by atoms with Gasteiger partial charge in [0.25, 0.3) is 0 Å². The van der Waals surface area contributed by atoms with Crippen LogP contribution in [0, 0.1) is 50.2 Å². The Morgan fingerprint density at radius 1 is 0.971 bits per heavy atom. The van der Waals surface area contributed by atoms with Gasteiger partial charge in [-0.15, -0.1) is 0 Å². The second kappa shape index (κ2) is 7.11. The van der Waals surface area contributed by atoms with Crippen molar-refractivity contribution in [2.75, 3.05) is 0 Å². The third-order valence-corrected chi connectivity index (χ3v) is 13.2. The minimum Gasteiger partial charge on any atom is -0.481 e. The van der Waals surface area contributed by atoms with E-state index in [-0.39, 0.29) is 32.9 Å². The summed E-state index contributed by atoms with van der Waals surface area (Å²) in [6.45, 7) is 16.2. The Bertz CT molecular complexity index is 1020. The van der Waals surface area contributed by atoms with E-state index in [1.54, 1.807) is 5.57 Å². The maximum atomic E-state index is 13.1. The van der Waals surface area contributed by atoms with Crippen LogP contribution in [-0.4, -0.2) is 16.9 Å². The molecular weight excluding hydrogens is 488 g/mol. The maximum absolute atomic E-state index is 13.1. The van der Waals surface area contributed by atoms with Gasteiger partial charge >= 0.3 is 5.97 Å². The van der Waals surface area contributed by atoms with Crippen molar-refractivity contribution in [3.63, 3.8) is 0 Å². The number of carbonyl (C=O) groups excluding carboxylic acids is 1. The lowest BCUT2D eigenvalue weighted by atomic mass is 9.34. The lowest BCUT2D eigenvalue weighted by Crippen LogP contribution is -2.63. The number of ketones is 1. The van der Waals surface area contributed by atoms with Crippen LogP contribution < -0.4 is 0 Å². The van der Waals surface area contributed by atoms with E-state index in [2.05, 4.69) is 69.6 Å². The molecule has 5 rings (SSSR count). The number of halogens is 1. The van der Waals surface area contributed by atoms with Crippen LogP contribution in [0.15, 0.2) is 22.2 Å². The second-order valence-electron chi connectivity index (χ2n) is 14.5. The molecule has 0 heterocycles. The van der Waals surface area contributed by atoms with Crippen molar-refractivity contribution in [2.24, 2.45) is 50.2 Å². The molecule has 4 heteroatoms. The topological polar surface area (TPSA) is 54.4 Å². The number of fused-ring (bicyclic) bond motifs is 7. The van der Waals surface area contributed by atoms with Crippen molar-refractivity contribution in [2.45, 2.75) is 99.8 Å². The molecule has 5 aliphatic carbocycles. The molecule has 0 aromatic rings. The van der Waals surface area contributed by atoms with Crippen LogP contribution in [0.1, 0.15) is 99.8 Å². The fourth-order valence-corrected chi connectivity index (χ4v) is 11.0. The zero-order chi connectivity index (χ0) is 25.1. The van der Waals surface area contributed by atoms with Crippen LogP contribution in [0.2, 0.25) is 0 Å². The standard InChI is InChI=1S/C30H43BrO3/c1-25(2)21-10-11-30(7)22(28(21,5)17-20(31)23(25)32)9-8-18-19-16-27(4,24(33)34)13-12-26(19,3)14-15-29(18,30)6/h8,17,19,21-22H,9-16H2,1-7H3,(H,33,34)/t19-,21-,22+,26+,27-,28-,29+,30+/m0/s1. The van der Waals surface area contributed by atoms with Gasteiger partial charge in [-0.25, -0.2) is 0 Å². The van der Waals surface area contributed by atoms with Crippen molar-refractivity contribution in [3.8, 4) is 0 Å². The first-order chi connectivity index (χ1) is 15.6. The molecule has 3 fully saturated rings. The molecule has 0 radical (unpaired) electrons. The van der Waals surface area contributed by atoms with Gasteiger partial charge in [-0.1, -0.05) is 59.3 Å². The average Bonchev–Trinajstić information content (AvgIpc) is 2.74. The van der Waals surface area contributed by atoms with Gasteiger partial charge in [0, 0.05) is 5.41 Å². The first-order valence-electron chi connectivity index (χ1n) is 13.4. The molecule has 0 amide bonds. The zero-order valence-corrected chi connectivity index (χ0v) is 23.8. The SMILES string of the molecule is CC1(C)C(=O)C(Br)=C[C@]2(C)[C@H]3CC=C4[C@@H]5C[C@@](C)(C(=O)O)CC[C@]5(C)CC[C@@]4(C)[C@]3(C)CC[C@@H]12. The molecule has 1 N–H and O–H groups in total. The Balaban J connectivity index is 1.61. The summed E-state index contributed by atoms with van der Waals surface area (Å²) in [6, 6.07) is 0. The molecule has 3 nitrogen and oxygen atoms in total. The van der Waals surface area contributed by atoms with Gasteiger partial charge in [0.2, 0.25) is 0 Å². The number of carbonyl (C=O) groups is 2. The molecule has 5 aliphatic rings. The number of hydrogen-bond acceptors (Lipinski definition) is 2. The Labute approximate surface area is 214 Å². The van der Waals surface area contributed by atoms with E-state index in [9.17, 15) is 14.7 Å². The molecule has 0 unspecified atom stereocenters. The normalized spacial score (nSPS) is 51.8. The number of carboxylic acid groups (broad SMARTS) is 1. The van der Waals surface area contributed by atoms with E-state index in [1.165, 1.54) is 12.8 Å². The quantitative estimate of drug-likeness (QED) is 0.350. The van der Waals surface area contributed by atoms with Gasteiger partial charge in [0.05, 0.1) is 9.90 Å². The van der Waals surface area contributed by atoms with Gasteiger partial charge in [0.15, 0.2) is 5.78 Å². The molecular formula is C30H43BrO3. The zero-order valence-electron chi connectivity index (χ0n) is 22.2. The molecule has 0 aromatic carbocycles.